The molecular weight excluding hydrogens is 398 g/mol. The van der Waals surface area contributed by atoms with Crippen molar-refractivity contribution in [2.45, 2.75) is 64.1 Å². The molecule has 1 saturated heterocycles. The number of carbonyl (C=O) groups is 3. The molecule has 1 aliphatic carbocycles. The first kappa shape index (κ1) is 21.0. The van der Waals surface area contributed by atoms with Gasteiger partial charge in [-0.1, -0.05) is 25.0 Å². The minimum atomic E-state index is -0.771. The maximum atomic E-state index is 13.0. The number of nitrogens with zero attached hydrogens (tertiary/aromatic N) is 3. The summed E-state index contributed by atoms with van der Waals surface area (Å²) in [5.74, 6) is -0.0381. The fourth-order valence-corrected chi connectivity index (χ4v) is 4.48. The molecule has 1 aromatic heterocycles. The van der Waals surface area contributed by atoms with Crippen LogP contribution in [0.25, 0.3) is 10.9 Å². The van der Waals surface area contributed by atoms with Crippen LogP contribution in [0.4, 0.5) is 4.79 Å². The second kappa shape index (κ2) is 8.13. The molecule has 31 heavy (non-hydrogen) atoms. The van der Waals surface area contributed by atoms with Crippen molar-refractivity contribution in [2.24, 2.45) is 0 Å². The molecule has 1 aliphatic heterocycles. The Kier molecular flexibility index (Phi) is 5.51. The average Bonchev–Trinajstić information content (AvgIpc) is 3.29. The molecule has 9 nitrogen and oxygen atoms in total. The van der Waals surface area contributed by atoms with Gasteiger partial charge in [-0.05, 0) is 38.8 Å². The number of amides is 4. The standard InChI is InChI=1S/C22H27N5O4/c1-14(2)27(13-17-23-16-8-4-3-7-15(16)19(29)24-17)18(28)9-12-26-20(30)22(25-21(26)31)10-5-6-11-22/h3-4,7-8,14H,5-6,9-13H2,1-2H3,(H,25,31)(H,23,24,29). The monoisotopic (exact) mass is 425 g/mol. The third-order valence-corrected chi connectivity index (χ3v) is 6.18. The topological polar surface area (TPSA) is 115 Å². The highest BCUT2D eigenvalue weighted by Crippen LogP contribution is 2.35. The summed E-state index contributed by atoms with van der Waals surface area (Å²) >= 11 is 0. The summed E-state index contributed by atoms with van der Waals surface area (Å²) in [5, 5.41) is 3.32. The van der Waals surface area contributed by atoms with Gasteiger partial charge in [-0.3, -0.25) is 19.3 Å². The lowest BCUT2D eigenvalue weighted by Crippen LogP contribution is -2.44. The van der Waals surface area contributed by atoms with Gasteiger partial charge >= 0.3 is 6.03 Å². The number of para-hydroxylation sites is 1. The van der Waals surface area contributed by atoms with E-state index in [2.05, 4.69) is 15.3 Å². The molecule has 2 heterocycles. The van der Waals surface area contributed by atoms with Crippen molar-refractivity contribution in [3.8, 4) is 0 Å². The predicted molar refractivity (Wildman–Crippen MR) is 114 cm³/mol. The van der Waals surface area contributed by atoms with Gasteiger partial charge in [0.1, 0.15) is 11.4 Å². The average molecular weight is 425 g/mol. The van der Waals surface area contributed by atoms with E-state index < -0.39 is 11.6 Å². The zero-order valence-corrected chi connectivity index (χ0v) is 17.8. The minimum absolute atomic E-state index is 0.0191. The number of urea groups is 1. The van der Waals surface area contributed by atoms with Gasteiger partial charge in [-0.25, -0.2) is 9.78 Å². The largest absolute Gasteiger partial charge is 0.333 e. The second-order valence-corrected chi connectivity index (χ2v) is 8.57. The van der Waals surface area contributed by atoms with Crippen LogP contribution >= 0.6 is 0 Å². The number of hydrogen-bond donors (Lipinski definition) is 2. The van der Waals surface area contributed by atoms with Crippen LogP contribution in [-0.2, 0) is 16.1 Å². The Morgan fingerprint density at radius 1 is 1.19 bits per heavy atom. The van der Waals surface area contributed by atoms with E-state index in [1.165, 1.54) is 0 Å². The van der Waals surface area contributed by atoms with Gasteiger partial charge in [0.2, 0.25) is 5.91 Å². The van der Waals surface area contributed by atoms with Crippen molar-refractivity contribution in [3.63, 3.8) is 0 Å². The van der Waals surface area contributed by atoms with Gasteiger partial charge in [0.25, 0.3) is 11.5 Å². The second-order valence-electron chi connectivity index (χ2n) is 8.57. The van der Waals surface area contributed by atoms with E-state index in [0.29, 0.717) is 29.6 Å². The van der Waals surface area contributed by atoms with Crippen LogP contribution in [0, 0.1) is 0 Å². The number of imide groups is 1. The van der Waals surface area contributed by atoms with Crippen LogP contribution in [-0.4, -0.2) is 55.7 Å². The predicted octanol–water partition coefficient (Wildman–Crippen LogP) is 1.91. The van der Waals surface area contributed by atoms with E-state index in [1.807, 2.05) is 13.8 Å². The van der Waals surface area contributed by atoms with Crippen molar-refractivity contribution >= 4 is 28.7 Å². The summed E-state index contributed by atoms with van der Waals surface area (Å²) in [5.41, 5.74) is -0.455. The van der Waals surface area contributed by atoms with Gasteiger partial charge in [0.15, 0.2) is 0 Å². The van der Waals surface area contributed by atoms with Crippen molar-refractivity contribution in [3.05, 3.63) is 40.4 Å². The maximum Gasteiger partial charge on any atom is 0.325 e. The molecule has 4 rings (SSSR count). The number of rotatable bonds is 6. The zero-order valence-electron chi connectivity index (χ0n) is 17.8. The van der Waals surface area contributed by atoms with Crippen LogP contribution in [0.5, 0.6) is 0 Å². The van der Waals surface area contributed by atoms with E-state index in [0.717, 1.165) is 17.7 Å². The highest BCUT2D eigenvalue weighted by molar-refractivity contribution is 6.07. The van der Waals surface area contributed by atoms with Crippen LogP contribution in [0.15, 0.2) is 29.1 Å². The summed E-state index contributed by atoms with van der Waals surface area (Å²) < 4.78 is 0. The Morgan fingerprint density at radius 2 is 1.90 bits per heavy atom. The fraction of sp³-hybridized carbons (Fsp3) is 0.500. The molecule has 0 unspecified atom stereocenters. The lowest BCUT2D eigenvalue weighted by Gasteiger charge is -2.27. The summed E-state index contributed by atoms with van der Waals surface area (Å²) in [6, 6.07) is 6.47. The number of nitrogens with one attached hydrogen (secondary N) is 2. The fourth-order valence-electron chi connectivity index (χ4n) is 4.48. The zero-order chi connectivity index (χ0) is 22.2. The number of fused-ring (bicyclic) bond motifs is 1. The molecular formula is C22H27N5O4. The first-order chi connectivity index (χ1) is 14.8. The Labute approximate surface area is 179 Å². The highest BCUT2D eigenvalue weighted by Gasteiger charge is 2.52. The normalized spacial score (nSPS) is 17.7. The molecule has 2 fully saturated rings. The Balaban J connectivity index is 1.45. The van der Waals surface area contributed by atoms with Crippen LogP contribution < -0.4 is 10.9 Å². The van der Waals surface area contributed by atoms with Crippen molar-refractivity contribution in [1.82, 2.24) is 25.1 Å². The number of carbonyl (C=O) groups excluding carboxylic acids is 3. The summed E-state index contributed by atoms with van der Waals surface area (Å²) in [6.07, 6.45) is 3.15. The molecule has 1 spiro atoms. The Hall–Kier alpha value is -3.23. The summed E-state index contributed by atoms with van der Waals surface area (Å²) in [7, 11) is 0. The molecule has 2 aliphatic rings. The maximum absolute atomic E-state index is 13.0. The van der Waals surface area contributed by atoms with Gasteiger partial charge in [-0.15, -0.1) is 0 Å². The van der Waals surface area contributed by atoms with E-state index in [-0.39, 0.29) is 42.9 Å². The van der Waals surface area contributed by atoms with Crippen LogP contribution in [0.2, 0.25) is 0 Å². The van der Waals surface area contributed by atoms with Crippen LogP contribution in [0.1, 0.15) is 51.8 Å². The molecule has 164 valence electrons. The summed E-state index contributed by atoms with van der Waals surface area (Å²) in [6.45, 7) is 3.92. The molecule has 0 radical (unpaired) electrons. The number of H-pyrrole nitrogens is 1. The number of hydrogen-bond acceptors (Lipinski definition) is 5. The Morgan fingerprint density at radius 3 is 2.61 bits per heavy atom. The molecule has 1 saturated carbocycles. The van der Waals surface area contributed by atoms with Gasteiger partial charge in [0, 0.05) is 19.0 Å². The summed E-state index contributed by atoms with van der Waals surface area (Å²) in [4.78, 5) is 60.4. The first-order valence-electron chi connectivity index (χ1n) is 10.7. The van der Waals surface area contributed by atoms with Gasteiger partial charge in [-0.2, -0.15) is 0 Å². The number of aromatic amines is 1. The van der Waals surface area contributed by atoms with Gasteiger partial charge in [0.05, 0.1) is 17.4 Å². The quantitative estimate of drug-likeness (QED) is 0.686. The molecule has 2 aromatic rings. The van der Waals surface area contributed by atoms with E-state index in [4.69, 9.17) is 0 Å². The molecule has 0 bridgehead atoms. The van der Waals surface area contributed by atoms with Crippen molar-refractivity contribution in [1.29, 1.82) is 0 Å². The molecule has 0 atom stereocenters. The highest BCUT2D eigenvalue weighted by atomic mass is 16.2. The smallest absolute Gasteiger partial charge is 0.325 e. The third kappa shape index (κ3) is 3.92. The number of aromatic nitrogens is 2. The van der Waals surface area contributed by atoms with Crippen LogP contribution in [0.3, 0.4) is 0 Å². The lowest BCUT2D eigenvalue weighted by molar-refractivity contribution is -0.135. The minimum Gasteiger partial charge on any atom is -0.333 e. The number of benzene rings is 1. The molecule has 4 amide bonds. The lowest BCUT2D eigenvalue weighted by atomic mass is 9.98. The van der Waals surface area contributed by atoms with Crippen molar-refractivity contribution < 1.29 is 14.4 Å². The first-order valence-corrected chi connectivity index (χ1v) is 10.7. The van der Waals surface area contributed by atoms with Gasteiger partial charge < -0.3 is 15.2 Å². The Bertz CT molecular complexity index is 1090. The molecule has 2 N–H and O–H groups in total. The molecule has 9 heteroatoms. The SMILES string of the molecule is CC(C)N(Cc1nc2ccccc2c(=O)[nH]1)C(=O)CCN1C(=O)NC2(CCCC2)C1=O. The van der Waals surface area contributed by atoms with E-state index >= 15 is 0 Å². The van der Waals surface area contributed by atoms with E-state index in [1.54, 1.807) is 29.2 Å². The molecule has 1 aromatic carbocycles. The third-order valence-electron chi connectivity index (χ3n) is 6.18. The van der Waals surface area contributed by atoms with Crippen molar-refractivity contribution in [2.75, 3.05) is 6.54 Å². The van der Waals surface area contributed by atoms with E-state index in [9.17, 15) is 19.2 Å².